The molecule has 2 N–H and O–H groups in total. The van der Waals surface area contributed by atoms with Gasteiger partial charge in [-0.05, 0) is 44.7 Å². The molecule has 4 nitrogen and oxygen atoms in total. The van der Waals surface area contributed by atoms with Crippen molar-refractivity contribution in [2.75, 3.05) is 13.1 Å². The van der Waals surface area contributed by atoms with E-state index in [4.69, 9.17) is 10.5 Å². The summed E-state index contributed by atoms with van der Waals surface area (Å²) >= 11 is 0. The topological polar surface area (TPSA) is 55.6 Å². The Morgan fingerprint density at radius 3 is 2.67 bits per heavy atom. The summed E-state index contributed by atoms with van der Waals surface area (Å²) < 4.78 is 19.6. The predicted molar refractivity (Wildman–Crippen MR) is 79.7 cm³/mol. The molecule has 2 atom stereocenters. The van der Waals surface area contributed by atoms with Crippen LogP contribution >= 0.6 is 0 Å². The molecular formula is C16H23FN2O2. The van der Waals surface area contributed by atoms with Gasteiger partial charge in [-0.15, -0.1) is 0 Å². The van der Waals surface area contributed by atoms with E-state index in [9.17, 15) is 9.18 Å². The standard InChI is InChI=1S/C16H23FN2O2/c1-11(18)10-13-6-5-7-14(17)15(13)21-12(2)16(20)19-8-3-4-9-19/h5-7,11-12H,3-4,8-10,18H2,1-2H3. The van der Waals surface area contributed by atoms with Crippen LogP contribution in [0.2, 0.25) is 0 Å². The normalized spacial score (nSPS) is 17.6. The van der Waals surface area contributed by atoms with Gasteiger partial charge in [0.25, 0.3) is 5.91 Å². The molecule has 0 spiro atoms. The minimum absolute atomic E-state index is 0.0810. The molecule has 0 saturated carbocycles. The highest BCUT2D eigenvalue weighted by Crippen LogP contribution is 2.25. The van der Waals surface area contributed by atoms with Crippen molar-refractivity contribution >= 4 is 5.91 Å². The van der Waals surface area contributed by atoms with Crippen molar-refractivity contribution in [3.8, 4) is 5.75 Å². The summed E-state index contributed by atoms with van der Waals surface area (Å²) in [6.07, 6.45) is 1.87. The molecule has 1 amide bonds. The maximum Gasteiger partial charge on any atom is 0.263 e. The molecule has 0 aromatic heterocycles. The number of nitrogens with two attached hydrogens (primary N) is 1. The van der Waals surface area contributed by atoms with Crippen LogP contribution in [0.4, 0.5) is 4.39 Å². The lowest BCUT2D eigenvalue weighted by molar-refractivity contribution is -0.136. The number of benzene rings is 1. The van der Waals surface area contributed by atoms with E-state index in [0.717, 1.165) is 25.9 Å². The average Bonchev–Trinajstić information content (AvgIpc) is 2.95. The van der Waals surface area contributed by atoms with Crippen LogP contribution in [-0.4, -0.2) is 36.0 Å². The number of amides is 1. The van der Waals surface area contributed by atoms with E-state index in [1.54, 1.807) is 24.0 Å². The van der Waals surface area contributed by atoms with Crippen LogP contribution in [0.5, 0.6) is 5.75 Å². The van der Waals surface area contributed by atoms with Crippen molar-refractivity contribution in [3.05, 3.63) is 29.6 Å². The SMILES string of the molecule is CC(N)Cc1cccc(F)c1OC(C)C(=O)N1CCCC1. The number of hydrogen-bond acceptors (Lipinski definition) is 3. The second-order valence-corrected chi connectivity index (χ2v) is 5.70. The molecule has 116 valence electrons. The minimum Gasteiger partial charge on any atom is -0.478 e. The maximum atomic E-state index is 14.0. The average molecular weight is 294 g/mol. The van der Waals surface area contributed by atoms with E-state index in [2.05, 4.69) is 0 Å². The lowest BCUT2D eigenvalue weighted by Gasteiger charge is -2.23. The summed E-state index contributed by atoms with van der Waals surface area (Å²) in [7, 11) is 0. The Balaban J connectivity index is 2.12. The van der Waals surface area contributed by atoms with Gasteiger partial charge in [-0.1, -0.05) is 12.1 Å². The van der Waals surface area contributed by atoms with Crippen LogP contribution in [0.1, 0.15) is 32.3 Å². The van der Waals surface area contributed by atoms with E-state index in [1.165, 1.54) is 6.07 Å². The third-order valence-electron chi connectivity index (χ3n) is 3.65. The molecule has 1 aromatic rings. The Kier molecular flexibility index (Phi) is 5.17. The van der Waals surface area contributed by atoms with Gasteiger partial charge in [0, 0.05) is 19.1 Å². The highest BCUT2D eigenvalue weighted by molar-refractivity contribution is 5.81. The molecule has 1 saturated heterocycles. The monoisotopic (exact) mass is 294 g/mol. The van der Waals surface area contributed by atoms with Crippen LogP contribution in [0, 0.1) is 5.82 Å². The molecule has 0 aliphatic carbocycles. The lowest BCUT2D eigenvalue weighted by Crippen LogP contribution is -2.38. The molecule has 1 aliphatic rings. The zero-order valence-corrected chi connectivity index (χ0v) is 12.6. The summed E-state index contributed by atoms with van der Waals surface area (Å²) in [6.45, 7) is 5.04. The molecule has 1 heterocycles. The van der Waals surface area contributed by atoms with Crippen LogP contribution < -0.4 is 10.5 Å². The molecule has 0 bridgehead atoms. The van der Waals surface area contributed by atoms with Gasteiger partial charge in [-0.25, -0.2) is 4.39 Å². The summed E-state index contributed by atoms with van der Waals surface area (Å²) in [5, 5.41) is 0. The molecular weight excluding hydrogens is 271 g/mol. The van der Waals surface area contributed by atoms with Gasteiger partial charge >= 0.3 is 0 Å². The van der Waals surface area contributed by atoms with Gasteiger partial charge in [0.05, 0.1) is 0 Å². The first kappa shape index (κ1) is 15.8. The highest BCUT2D eigenvalue weighted by atomic mass is 19.1. The van der Waals surface area contributed by atoms with E-state index < -0.39 is 11.9 Å². The van der Waals surface area contributed by atoms with Crippen molar-refractivity contribution in [1.29, 1.82) is 0 Å². The first-order chi connectivity index (χ1) is 9.99. The number of carbonyl (C=O) groups excluding carboxylic acids is 1. The van der Waals surface area contributed by atoms with Crippen molar-refractivity contribution in [2.24, 2.45) is 5.73 Å². The fourth-order valence-corrected chi connectivity index (χ4v) is 2.61. The Morgan fingerprint density at radius 2 is 2.05 bits per heavy atom. The number of ether oxygens (including phenoxy) is 1. The molecule has 1 aromatic carbocycles. The summed E-state index contributed by atoms with van der Waals surface area (Å²) in [5.41, 5.74) is 6.48. The largest absolute Gasteiger partial charge is 0.478 e. The zero-order valence-electron chi connectivity index (χ0n) is 12.6. The van der Waals surface area contributed by atoms with E-state index in [1.807, 2.05) is 6.92 Å². The van der Waals surface area contributed by atoms with Crippen molar-refractivity contribution in [3.63, 3.8) is 0 Å². The third-order valence-corrected chi connectivity index (χ3v) is 3.65. The van der Waals surface area contributed by atoms with Crippen LogP contribution in [0.3, 0.4) is 0 Å². The Bertz CT molecular complexity index is 499. The number of carbonyl (C=O) groups is 1. The Hall–Kier alpha value is -1.62. The Morgan fingerprint density at radius 1 is 1.38 bits per heavy atom. The van der Waals surface area contributed by atoms with Gasteiger partial charge in [-0.2, -0.15) is 0 Å². The van der Waals surface area contributed by atoms with Gasteiger partial charge < -0.3 is 15.4 Å². The molecule has 1 fully saturated rings. The van der Waals surface area contributed by atoms with Gasteiger partial charge in [0.15, 0.2) is 17.7 Å². The van der Waals surface area contributed by atoms with Gasteiger partial charge in [-0.3, -0.25) is 4.79 Å². The fourth-order valence-electron chi connectivity index (χ4n) is 2.61. The van der Waals surface area contributed by atoms with Crippen LogP contribution in [-0.2, 0) is 11.2 Å². The summed E-state index contributed by atoms with van der Waals surface area (Å²) in [5.74, 6) is -0.383. The number of hydrogen-bond donors (Lipinski definition) is 1. The van der Waals surface area contributed by atoms with E-state index in [0.29, 0.717) is 12.0 Å². The van der Waals surface area contributed by atoms with Crippen molar-refractivity contribution < 1.29 is 13.9 Å². The van der Waals surface area contributed by atoms with Gasteiger partial charge in [0.1, 0.15) is 0 Å². The number of rotatable bonds is 5. The lowest BCUT2D eigenvalue weighted by atomic mass is 10.1. The molecule has 2 unspecified atom stereocenters. The first-order valence-corrected chi connectivity index (χ1v) is 7.47. The van der Waals surface area contributed by atoms with Crippen LogP contribution in [0.25, 0.3) is 0 Å². The van der Waals surface area contributed by atoms with Crippen molar-refractivity contribution in [2.45, 2.75) is 45.3 Å². The fraction of sp³-hybridized carbons (Fsp3) is 0.562. The van der Waals surface area contributed by atoms with Crippen molar-refractivity contribution in [1.82, 2.24) is 4.90 Å². The van der Waals surface area contributed by atoms with E-state index >= 15 is 0 Å². The highest BCUT2D eigenvalue weighted by Gasteiger charge is 2.26. The molecule has 2 rings (SSSR count). The predicted octanol–water partition coefficient (Wildman–Crippen LogP) is 2.11. The third kappa shape index (κ3) is 3.94. The second kappa shape index (κ2) is 6.89. The minimum atomic E-state index is -0.688. The number of nitrogens with zero attached hydrogens (tertiary/aromatic N) is 1. The van der Waals surface area contributed by atoms with E-state index in [-0.39, 0.29) is 17.7 Å². The van der Waals surface area contributed by atoms with Crippen LogP contribution in [0.15, 0.2) is 18.2 Å². The zero-order chi connectivity index (χ0) is 15.4. The van der Waals surface area contributed by atoms with Gasteiger partial charge in [0.2, 0.25) is 0 Å². The summed E-state index contributed by atoms with van der Waals surface area (Å²) in [4.78, 5) is 14.0. The molecule has 5 heteroatoms. The summed E-state index contributed by atoms with van der Waals surface area (Å²) in [6, 6.07) is 4.66. The molecule has 21 heavy (non-hydrogen) atoms. The number of para-hydroxylation sites is 1. The molecule has 0 radical (unpaired) electrons. The number of likely N-dealkylation sites (tertiary alicyclic amines) is 1. The maximum absolute atomic E-state index is 14.0. The smallest absolute Gasteiger partial charge is 0.263 e. The number of halogens is 1. The molecule has 1 aliphatic heterocycles. The first-order valence-electron chi connectivity index (χ1n) is 7.47. The second-order valence-electron chi connectivity index (χ2n) is 5.70. The Labute approximate surface area is 125 Å². The quantitative estimate of drug-likeness (QED) is 0.905.